The van der Waals surface area contributed by atoms with E-state index in [-0.39, 0.29) is 0 Å². The van der Waals surface area contributed by atoms with E-state index >= 15 is 0 Å². The lowest BCUT2D eigenvalue weighted by atomic mass is 10.2. The number of aryl methyl sites for hydroxylation is 1. The molecule has 1 aromatic heterocycles. The lowest BCUT2D eigenvalue weighted by Gasteiger charge is -2.19. The second kappa shape index (κ2) is 6.77. The first-order chi connectivity index (χ1) is 9.63. The molecule has 0 aliphatic heterocycles. The summed E-state index contributed by atoms with van der Waals surface area (Å²) in [4.78, 5) is 5.03. The van der Waals surface area contributed by atoms with Gasteiger partial charge in [-0.05, 0) is 37.7 Å². The van der Waals surface area contributed by atoms with Crippen molar-refractivity contribution in [3.05, 3.63) is 45.6 Å². The maximum Gasteiger partial charge on any atom is 0.120 e. The molecule has 0 bridgehead atoms. The number of benzene rings is 1. The zero-order chi connectivity index (χ0) is 14.5. The van der Waals surface area contributed by atoms with Gasteiger partial charge in [0.2, 0.25) is 0 Å². The van der Waals surface area contributed by atoms with Crippen LogP contribution in [0.2, 0.25) is 0 Å². The van der Waals surface area contributed by atoms with Gasteiger partial charge < -0.3 is 15.0 Å². The first-order valence-corrected chi connectivity index (χ1v) is 7.53. The van der Waals surface area contributed by atoms with Gasteiger partial charge >= 0.3 is 0 Å². The van der Waals surface area contributed by atoms with Crippen molar-refractivity contribution < 1.29 is 4.74 Å². The Morgan fingerprint density at radius 2 is 2.10 bits per heavy atom. The molecule has 1 N–H and O–H groups in total. The third-order valence-corrected chi connectivity index (χ3v) is 4.42. The molecule has 2 aromatic rings. The maximum absolute atomic E-state index is 5.28. The van der Waals surface area contributed by atoms with E-state index in [1.807, 2.05) is 30.5 Å². The molecule has 108 valence electrons. The van der Waals surface area contributed by atoms with Crippen molar-refractivity contribution in [1.29, 1.82) is 0 Å². The number of hydrogen-bond acceptors (Lipinski definition) is 4. The predicted molar refractivity (Wildman–Crippen MR) is 86.9 cm³/mol. The highest BCUT2D eigenvalue weighted by Gasteiger charge is 2.09. The predicted octanol–water partition coefficient (Wildman–Crippen LogP) is 3.42. The summed E-state index contributed by atoms with van der Waals surface area (Å²) >= 11 is 1.87. The SMILES string of the molecule is CNCc1cc(CN(C)c2cccc(OC)c2)c(C)s1. The summed E-state index contributed by atoms with van der Waals surface area (Å²) in [6, 6.07) is 10.5. The smallest absolute Gasteiger partial charge is 0.120 e. The highest BCUT2D eigenvalue weighted by Crippen LogP contribution is 2.26. The molecule has 1 heterocycles. The van der Waals surface area contributed by atoms with Crippen LogP contribution in [0, 0.1) is 6.92 Å². The first-order valence-electron chi connectivity index (χ1n) is 6.72. The van der Waals surface area contributed by atoms with Crippen LogP contribution >= 0.6 is 11.3 Å². The standard InChI is InChI=1S/C16H22N2OS/c1-12-13(8-16(20-12)10-17-2)11-18(3)14-6-5-7-15(9-14)19-4/h5-9,17H,10-11H2,1-4H3. The van der Waals surface area contributed by atoms with Crippen molar-refractivity contribution in [2.45, 2.75) is 20.0 Å². The van der Waals surface area contributed by atoms with E-state index in [9.17, 15) is 0 Å². The molecular weight excluding hydrogens is 268 g/mol. The van der Waals surface area contributed by atoms with Crippen LogP contribution in [0.3, 0.4) is 0 Å². The van der Waals surface area contributed by atoms with Crippen molar-refractivity contribution in [3.63, 3.8) is 0 Å². The molecule has 0 amide bonds. The number of methoxy groups -OCH3 is 1. The molecule has 0 radical (unpaired) electrons. The van der Waals surface area contributed by atoms with Gasteiger partial charge in [-0.15, -0.1) is 11.3 Å². The normalized spacial score (nSPS) is 10.6. The van der Waals surface area contributed by atoms with Crippen LogP contribution in [0.5, 0.6) is 5.75 Å². The van der Waals surface area contributed by atoms with E-state index in [2.05, 4.69) is 42.4 Å². The lowest BCUT2D eigenvalue weighted by Crippen LogP contribution is -2.16. The number of ether oxygens (including phenoxy) is 1. The molecule has 1 aromatic carbocycles. The number of hydrogen-bond donors (Lipinski definition) is 1. The van der Waals surface area contributed by atoms with Crippen LogP contribution in [-0.4, -0.2) is 21.2 Å². The van der Waals surface area contributed by atoms with Gasteiger partial charge in [0.05, 0.1) is 7.11 Å². The van der Waals surface area contributed by atoms with Gasteiger partial charge in [0.1, 0.15) is 5.75 Å². The third-order valence-electron chi connectivity index (χ3n) is 3.32. The van der Waals surface area contributed by atoms with Crippen LogP contribution in [-0.2, 0) is 13.1 Å². The molecule has 0 spiro atoms. The Morgan fingerprint density at radius 3 is 2.80 bits per heavy atom. The molecule has 0 unspecified atom stereocenters. The monoisotopic (exact) mass is 290 g/mol. The van der Waals surface area contributed by atoms with E-state index in [1.165, 1.54) is 21.0 Å². The van der Waals surface area contributed by atoms with E-state index in [1.54, 1.807) is 7.11 Å². The fourth-order valence-corrected chi connectivity index (χ4v) is 3.27. The van der Waals surface area contributed by atoms with E-state index in [0.29, 0.717) is 0 Å². The molecule has 20 heavy (non-hydrogen) atoms. The number of thiophene rings is 1. The molecule has 3 nitrogen and oxygen atoms in total. The summed E-state index contributed by atoms with van der Waals surface area (Å²) in [6.07, 6.45) is 0. The van der Waals surface area contributed by atoms with Gasteiger partial charge in [-0.2, -0.15) is 0 Å². The Hall–Kier alpha value is -1.52. The Balaban J connectivity index is 2.12. The first kappa shape index (κ1) is 14.9. The molecule has 0 saturated carbocycles. The Kier molecular flexibility index (Phi) is 5.04. The second-order valence-electron chi connectivity index (χ2n) is 4.88. The second-order valence-corrected chi connectivity index (χ2v) is 6.22. The van der Waals surface area contributed by atoms with Crippen molar-refractivity contribution in [2.24, 2.45) is 0 Å². The average molecular weight is 290 g/mol. The Labute approximate surface area is 125 Å². The number of anilines is 1. The fourth-order valence-electron chi connectivity index (χ4n) is 2.20. The summed E-state index contributed by atoms with van der Waals surface area (Å²) in [7, 11) is 5.80. The lowest BCUT2D eigenvalue weighted by molar-refractivity contribution is 0.415. The average Bonchev–Trinajstić information content (AvgIpc) is 2.79. The van der Waals surface area contributed by atoms with Gasteiger partial charge in [-0.1, -0.05) is 6.07 Å². The summed E-state index contributed by atoms with van der Waals surface area (Å²) in [6.45, 7) is 4.05. The summed E-state index contributed by atoms with van der Waals surface area (Å²) in [5.41, 5.74) is 2.57. The zero-order valence-corrected chi connectivity index (χ0v) is 13.4. The van der Waals surface area contributed by atoms with E-state index < -0.39 is 0 Å². The zero-order valence-electron chi connectivity index (χ0n) is 12.6. The quantitative estimate of drug-likeness (QED) is 0.882. The van der Waals surface area contributed by atoms with Gasteiger partial charge in [-0.3, -0.25) is 0 Å². The van der Waals surface area contributed by atoms with Crippen molar-refractivity contribution in [2.75, 3.05) is 26.1 Å². The van der Waals surface area contributed by atoms with Crippen LogP contribution < -0.4 is 15.0 Å². The van der Waals surface area contributed by atoms with Crippen LogP contribution in [0.4, 0.5) is 5.69 Å². The summed E-state index contributed by atoms with van der Waals surface area (Å²) < 4.78 is 5.28. The van der Waals surface area contributed by atoms with Crippen molar-refractivity contribution in [3.8, 4) is 5.75 Å². The number of nitrogens with one attached hydrogen (secondary N) is 1. The Bertz CT molecular complexity index is 565. The Morgan fingerprint density at radius 1 is 1.30 bits per heavy atom. The molecule has 0 aliphatic rings. The summed E-state index contributed by atoms with van der Waals surface area (Å²) in [5, 5.41) is 3.20. The van der Waals surface area contributed by atoms with E-state index in [4.69, 9.17) is 4.74 Å². The molecule has 4 heteroatoms. The van der Waals surface area contributed by atoms with Crippen LogP contribution in [0.15, 0.2) is 30.3 Å². The topological polar surface area (TPSA) is 24.5 Å². The van der Waals surface area contributed by atoms with Gasteiger partial charge in [0, 0.05) is 41.6 Å². The largest absolute Gasteiger partial charge is 0.497 e. The van der Waals surface area contributed by atoms with Crippen molar-refractivity contribution >= 4 is 17.0 Å². The number of nitrogens with zero attached hydrogens (tertiary/aromatic N) is 1. The third kappa shape index (κ3) is 3.52. The molecular formula is C16H22N2OS. The van der Waals surface area contributed by atoms with Crippen LogP contribution in [0.1, 0.15) is 15.3 Å². The molecule has 0 fully saturated rings. The van der Waals surface area contributed by atoms with Crippen LogP contribution in [0.25, 0.3) is 0 Å². The van der Waals surface area contributed by atoms with Gasteiger partial charge in [0.25, 0.3) is 0 Å². The van der Waals surface area contributed by atoms with Gasteiger partial charge in [0.15, 0.2) is 0 Å². The highest BCUT2D eigenvalue weighted by molar-refractivity contribution is 7.12. The minimum atomic E-state index is 0.896. The highest BCUT2D eigenvalue weighted by atomic mass is 32.1. The maximum atomic E-state index is 5.28. The number of rotatable bonds is 6. The summed E-state index contributed by atoms with van der Waals surface area (Å²) in [5.74, 6) is 0.896. The van der Waals surface area contributed by atoms with Gasteiger partial charge in [-0.25, -0.2) is 0 Å². The van der Waals surface area contributed by atoms with Crippen molar-refractivity contribution in [1.82, 2.24) is 5.32 Å². The fraction of sp³-hybridized carbons (Fsp3) is 0.375. The molecule has 0 atom stereocenters. The molecule has 2 rings (SSSR count). The van der Waals surface area contributed by atoms with E-state index in [0.717, 1.165) is 18.8 Å². The minimum absolute atomic E-state index is 0.896. The molecule has 0 aliphatic carbocycles. The molecule has 0 saturated heterocycles. The minimum Gasteiger partial charge on any atom is -0.497 e.